The quantitative estimate of drug-likeness (QED) is 0.654. The smallest absolute Gasteiger partial charge is 0.312 e. The Kier molecular flexibility index (Phi) is 6.06. The number of esters is 1. The molecule has 8 heteroatoms. The highest BCUT2D eigenvalue weighted by Crippen LogP contribution is 2.40. The van der Waals surface area contributed by atoms with Crippen molar-refractivity contribution >= 4 is 17.6 Å². The number of hydrogen-bond acceptors (Lipinski definition) is 6. The lowest BCUT2D eigenvalue weighted by Crippen LogP contribution is -2.48. The number of likely N-dealkylation sites (tertiary alicyclic amines) is 1. The number of carbonyl (C=O) groups excluding carboxylic acids is 2. The van der Waals surface area contributed by atoms with E-state index in [-0.39, 0.29) is 23.8 Å². The molecule has 0 radical (unpaired) electrons. The van der Waals surface area contributed by atoms with E-state index in [1.54, 1.807) is 36.1 Å². The van der Waals surface area contributed by atoms with E-state index in [0.29, 0.717) is 51.1 Å². The predicted octanol–water partition coefficient (Wildman–Crippen LogP) is 3.79. The standard InChI is InChI=1S/C23H25FN2O5/c1-2-29-22(28)23(9-11-26(12-10-23)21(27)20-4-3-13-30-20)15-18-14-19(25-31-18)16-5-7-17(24)8-6-16/h3-8,13,18H,2,9-12,14-15H2,1H3/t18-/m1/s1. The van der Waals surface area contributed by atoms with E-state index in [1.807, 2.05) is 0 Å². The number of halogens is 1. The minimum Gasteiger partial charge on any atom is -0.466 e. The van der Waals surface area contributed by atoms with Crippen molar-refractivity contribution in [1.82, 2.24) is 4.90 Å². The van der Waals surface area contributed by atoms with Crippen LogP contribution in [0.2, 0.25) is 0 Å². The topological polar surface area (TPSA) is 81.3 Å². The molecule has 1 aromatic heterocycles. The Morgan fingerprint density at radius 2 is 1.97 bits per heavy atom. The van der Waals surface area contributed by atoms with Crippen LogP contribution >= 0.6 is 0 Å². The Morgan fingerprint density at radius 3 is 2.61 bits per heavy atom. The van der Waals surface area contributed by atoms with Gasteiger partial charge in [0.2, 0.25) is 0 Å². The van der Waals surface area contributed by atoms with Crippen LogP contribution in [0.25, 0.3) is 0 Å². The lowest BCUT2D eigenvalue weighted by molar-refractivity contribution is -0.161. The van der Waals surface area contributed by atoms with Gasteiger partial charge < -0.3 is 18.9 Å². The summed E-state index contributed by atoms with van der Waals surface area (Å²) < 4.78 is 23.8. The second kappa shape index (κ2) is 8.91. The summed E-state index contributed by atoms with van der Waals surface area (Å²) in [6.45, 7) is 2.93. The molecule has 4 rings (SSSR count). The minimum absolute atomic E-state index is 0.179. The number of oxime groups is 1. The number of benzene rings is 1. The minimum atomic E-state index is -0.742. The Bertz CT molecular complexity index is 947. The fraction of sp³-hybridized carbons (Fsp3) is 0.435. The van der Waals surface area contributed by atoms with Crippen LogP contribution in [0.5, 0.6) is 0 Å². The fourth-order valence-electron chi connectivity index (χ4n) is 4.26. The van der Waals surface area contributed by atoms with Crippen LogP contribution < -0.4 is 0 Å². The first kappa shape index (κ1) is 21.1. The van der Waals surface area contributed by atoms with Crippen molar-refractivity contribution in [1.29, 1.82) is 0 Å². The molecule has 0 unspecified atom stereocenters. The van der Waals surface area contributed by atoms with Gasteiger partial charge in [0.1, 0.15) is 11.9 Å². The van der Waals surface area contributed by atoms with Gasteiger partial charge in [-0.1, -0.05) is 17.3 Å². The van der Waals surface area contributed by atoms with Gasteiger partial charge in [-0.05, 0) is 49.6 Å². The average molecular weight is 428 g/mol. The number of ether oxygens (including phenoxy) is 1. The molecular formula is C23H25FN2O5. The van der Waals surface area contributed by atoms with Crippen LogP contribution in [-0.4, -0.2) is 48.3 Å². The zero-order valence-corrected chi connectivity index (χ0v) is 17.4. The summed E-state index contributed by atoms with van der Waals surface area (Å²) in [5.41, 5.74) is 0.788. The molecule has 1 atom stereocenters. The maximum Gasteiger partial charge on any atom is 0.312 e. The molecule has 1 saturated heterocycles. The second-order valence-corrected chi connectivity index (χ2v) is 7.95. The first-order valence-electron chi connectivity index (χ1n) is 10.5. The third-order valence-electron chi connectivity index (χ3n) is 5.98. The van der Waals surface area contributed by atoms with Gasteiger partial charge >= 0.3 is 5.97 Å². The van der Waals surface area contributed by atoms with E-state index in [1.165, 1.54) is 18.4 Å². The molecule has 1 aromatic carbocycles. The monoisotopic (exact) mass is 428 g/mol. The Hall–Kier alpha value is -3.16. The normalized spacial score (nSPS) is 20.1. The summed E-state index contributed by atoms with van der Waals surface area (Å²) in [7, 11) is 0. The van der Waals surface area contributed by atoms with Crippen LogP contribution in [0, 0.1) is 11.2 Å². The maximum atomic E-state index is 13.2. The maximum absolute atomic E-state index is 13.2. The van der Waals surface area contributed by atoms with Crippen molar-refractivity contribution in [2.45, 2.75) is 38.7 Å². The number of hydrogen-bond donors (Lipinski definition) is 0. The summed E-state index contributed by atoms with van der Waals surface area (Å²) in [5.74, 6) is -0.461. The SMILES string of the molecule is CCOC(=O)C1(C[C@H]2CC(c3ccc(F)cc3)=NO2)CCN(C(=O)c2ccco2)CC1. The van der Waals surface area contributed by atoms with Gasteiger partial charge in [-0.2, -0.15) is 0 Å². The van der Waals surface area contributed by atoms with E-state index in [4.69, 9.17) is 14.0 Å². The van der Waals surface area contributed by atoms with Gasteiger partial charge in [0, 0.05) is 25.9 Å². The van der Waals surface area contributed by atoms with Gasteiger partial charge in [-0.3, -0.25) is 9.59 Å². The van der Waals surface area contributed by atoms with E-state index in [0.717, 1.165) is 11.3 Å². The second-order valence-electron chi connectivity index (χ2n) is 7.95. The molecule has 164 valence electrons. The van der Waals surface area contributed by atoms with Crippen molar-refractivity contribution in [2.75, 3.05) is 19.7 Å². The van der Waals surface area contributed by atoms with Crippen LogP contribution in [0.15, 0.2) is 52.2 Å². The molecule has 2 aromatic rings. The number of furan rings is 1. The molecule has 31 heavy (non-hydrogen) atoms. The predicted molar refractivity (Wildman–Crippen MR) is 110 cm³/mol. The molecule has 1 fully saturated rings. The van der Waals surface area contributed by atoms with Crippen LogP contribution in [0.4, 0.5) is 4.39 Å². The molecule has 1 amide bonds. The fourth-order valence-corrected chi connectivity index (χ4v) is 4.26. The number of carbonyl (C=O) groups is 2. The summed E-state index contributed by atoms with van der Waals surface area (Å²) in [5, 5.41) is 4.16. The van der Waals surface area contributed by atoms with Gasteiger partial charge in [0.05, 0.1) is 24.0 Å². The Balaban J connectivity index is 1.42. The molecule has 7 nitrogen and oxygen atoms in total. The van der Waals surface area contributed by atoms with E-state index >= 15 is 0 Å². The Morgan fingerprint density at radius 1 is 1.23 bits per heavy atom. The zero-order valence-electron chi connectivity index (χ0n) is 17.4. The molecule has 2 aliphatic rings. The van der Waals surface area contributed by atoms with Gasteiger partial charge in [0.15, 0.2) is 5.76 Å². The average Bonchev–Trinajstić information content (AvgIpc) is 3.47. The lowest BCUT2D eigenvalue weighted by atomic mass is 9.73. The van der Waals surface area contributed by atoms with Crippen molar-refractivity contribution in [2.24, 2.45) is 10.6 Å². The Labute approximate surface area is 179 Å². The van der Waals surface area contributed by atoms with Crippen LogP contribution in [-0.2, 0) is 14.4 Å². The number of piperidine rings is 1. The van der Waals surface area contributed by atoms with Crippen LogP contribution in [0.1, 0.15) is 48.7 Å². The largest absolute Gasteiger partial charge is 0.466 e. The molecule has 0 aliphatic carbocycles. The van der Waals surface area contributed by atoms with E-state index in [2.05, 4.69) is 5.16 Å². The highest BCUT2D eigenvalue weighted by atomic mass is 19.1. The third kappa shape index (κ3) is 4.47. The lowest BCUT2D eigenvalue weighted by Gasteiger charge is -2.40. The number of nitrogens with zero attached hydrogens (tertiary/aromatic N) is 2. The molecule has 3 heterocycles. The molecule has 0 spiro atoms. The summed E-state index contributed by atoms with van der Waals surface area (Å²) in [4.78, 5) is 32.8. The van der Waals surface area contributed by atoms with E-state index in [9.17, 15) is 14.0 Å². The van der Waals surface area contributed by atoms with Crippen molar-refractivity contribution in [3.05, 3.63) is 59.8 Å². The first-order chi connectivity index (χ1) is 15.0. The van der Waals surface area contributed by atoms with Crippen LogP contribution in [0.3, 0.4) is 0 Å². The van der Waals surface area contributed by atoms with Gasteiger partial charge in [-0.25, -0.2) is 4.39 Å². The highest BCUT2D eigenvalue weighted by molar-refractivity contribution is 6.01. The van der Waals surface area contributed by atoms with Gasteiger partial charge in [-0.15, -0.1) is 0 Å². The first-order valence-corrected chi connectivity index (χ1v) is 10.5. The number of rotatable bonds is 6. The third-order valence-corrected chi connectivity index (χ3v) is 5.98. The highest BCUT2D eigenvalue weighted by Gasteiger charge is 2.46. The van der Waals surface area contributed by atoms with Crippen molar-refractivity contribution in [3.8, 4) is 0 Å². The van der Waals surface area contributed by atoms with E-state index < -0.39 is 5.41 Å². The summed E-state index contributed by atoms with van der Waals surface area (Å²) in [6, 6.07) is 9.42. The number of amides is 1. The molecule has 0 N–H and O–H groups in total. The van der Waals surface area contributed by atoms with Crippen molar-refractivity contribution in [3.63, 3.8) is 0 Å². The summed E-state index contributed by atoms with van der Waals surface area (Å²) >= 11 is 0. The summed E-state index contributed by atoms with van der Waals surface area (Å²) in [6.07, 6.45) is 3.12. The molecule has 0 bridgehead atoms. The molecule has 2 aliphatic heterocycles. The molecular weight excluding hydrogens is 403 g/mol. The zero-order chi connectivity index (χ0) is 21.8. The molecule has 0 saturated carbocycles. The van der Waals surface area contributed by atoms with Gasteiger partial charge in [0.25, 0.3) is 5.91 Å². The van der Waals surface area contributed by atoms with Crippen molar-refractivity contribution < 1.29 is 28.0 Å².